The SMILES string of the molecule is O=c1[nH]nc(Cc2ccccc2)cc1Br. The Labute approximate surface area is 95.3 Å². The van der Waals surface area contributed by atoms with Gasteiger partial charge in [-0.15, -0.1) is 0 Å². The highest BCUT2D eigenvalue weighted by Gasteiger charge is 2.00. The average molecular weight is 265 g/mol. The molecule has 1 aromatic carbocycles. The van der Waals surface area contributed by atoms with Crippen LogP contribution in [0.15, 0.2) is 45.7 Å². The van der Waals surface area contributed by atoms with Gasteiger partial charge in [0.2, 0.25) is 0 Å². The van der Waals surface area contributed by atoms with Crippen molar-refractivity contribution in [2.75, 3.05) is 0 Å². The predicted octanol–water partition coefficient (Wildman–Crippen LogP) is 2.12. The van der Waals surface area contributed by atoms with Crippen LogP contribution in [0.2, 0.25) is 0 Å². The highest BCUT2D eigenvalue weighted by atomic mass is 79.9. The maximum atomic E-state index is 11.1. The molecule has 0 saturated carbocycles. The van der Waals surface area contributed by atoms with E-state index >= 15 is 0 Å². The summed E-state index contributed by atoms with van der Waals surface area (Å²) in [6.07, 6.45) is 0.718. The summed E-state index contributed by atoms with van der Waals surface area (Å²) in [4.78, 5) is 11.1. The molecule has 0 atom stereocenters. The summed E-state index contributed by atoms with van der Waals surface area (Å²) in [5, 5.41) is 6.40. The highest BCUT2D eigenvalue weighted by molar-refractivity contribution is 9.10. The maximum Gasteiger partial charge on any atom is 0.278 e. The van der Waals surface area contributed by atoms with Gasteiger partial charge in [0, 0.05) is 6.42 Å². The van der Waals surface area contributed by atoms with Crippen LogP contribution in [0.3, 0.4) is 0 Å². The quantitative estimate of drug-likeness (QED) is 0.904. The Bertz CT molecular complexity index is 507. The van der Waals surface area contributed by atoms with Gasteiger partial charge in [-0.25, -0.2) is 5.10 Å². The Morgan fingerprint density at radius 3 is 2.67 bits per heavy atom. The number of halogens is 1. The van der Waals surface area contributed by atoms with Crippen LogP contribution in [0, 0.1) is 0 Å². The third kappa shape index (κ3) is 2.53. The number of aromatic nitrogens is 2. The Balaban J connectivity index is 2.26. The van der Waals surface area contributed by atoms with Gasteiger partial charge < -0.3 is 0 Å². The van der Waals surface area contributed by atoms with Crippen LogP contribution < -0.4 is 5.56 Å². The van der Waals surface area contributed by atoms with Crippen molar-refractivity contribution in [2.45, 2.75) is 6.42 Å². The molecular formula is C11H9BrN2O. The first-order chi connectivity index (χ1) is 7.25. The minimum atomic E-state index is -0.202. The molecule has 0 unspecified atom stereocenters. The average Bonchev–Trinajstić information content (AvgIpc) is 2.25. The molecule has 0 radical (unpaired) electrons. The zero-order valence-corrected chi connectivity index (χ0v) is 9.49. The second kappa shape index (κ2) is 4.40. The van der Waals surface area contributed by atoms with Crippen molar-refractivity contribution < 1.29 is 0 Å². The summed E-state index contributed by atoms with van der Waals surface area (Å²) in [6.45, 7) is 0. The van der Waals surface area contributed by atoms with Gasteiger partial charge in [-0.05, 0) is 27.6 Å². The molecule has 1 aromatic heterocycles. The molecule has 3 nitrogen and oxygen atoms in total. The first-order valence-corrected chi connectivity index (χ1v) is 5.33. The molecule has 0 bridgehead atoms. The van der Waals surface area contributed by atoms with E-state index in [9.17, 15) is 4.79 Å². The van der Waals surface area contributed by atoms with Gasteiger partial charge in [-0.3, -0.25) is 4.79 Å². The number of H-pyrrole nitrogens is 1. The van der Waals surface area contributed by atoms with Gasteiger partial charge in [0.15, 0.2) is 0 Å². The lowest BCUT2D eigenvalue weighted by Gasteiger charge is -2.00. The Hall–Kier alpha value is -1.42. The molecule has 2 rings (SSSR count). The molecule has 1 heterocycles. The van der Waals surface area contributed by atoms with Crippen molar-refractivity contribution in [1.29, 1.82) is 0 Å². The third-order valence-corrected chi connectivity index (χ3v) is 2.63. The molecule has 1 N–H and O–H groups in total. The van der Waals surface area contributed by atoms with Crippen molar-refractivity contribution in [3.63, 3.8) is 0 Å². The van der Waals surface area contributed by atoms with Gasteiger partial charge in [0.05, 0.1) is 10.2 Å². The van der Waals surface area contributed by atoms with Crippen molar-refractivity contribution in [2.24, 2.45) is 0 Å². The van der Waals surface area contributed by atoms with Gasteiger partial charge in [0.25, 0.3) is 5.56 Å². The molecule has 0 aliphatic heterocycles. The predicted molar refractivity (Wildman–Crippen MR) is 61.8 cm³/mol. The normalized spacial score (nSPS) is 10.2. The lowest BCUT2D eigenvalue weighted by molar-refractivity contribution is 0.903. The van der Waals surface area contributed by atoms with E-state index in [1.54, 1.807) is 6.07 Å². The molecule has 0 saturated heterocycles. The molecule has 4 heteroatoms. The molecule has 0 amide bonds. The van der Waals surface area contributed by atoms with Crippen LogP contribution in [-0.4, -0.2) is 10.2 Å². The smallest absolute Gasteiger partial charge is 0.267 e. The number of hydrogen-bond donors (Lipinski definition) is 1. The summed E-state index contributed by atoms with van der Waals surface area (Å²) in [7, 11) is 0. The van der Waals surface area contributed by atoms with E-state index in [0.29, 0.717) is 4.47 Å². The fourth-order valence-electron chi connectivity index (χ4n) is 1.32. The molecule has 0 spiro atoms. The first-order valence-electron chi connectivity index (χ1n) is 4.54. The summed E-state index contributed by atoms with van der Waals surface area (Å²) in [5.74, 6) is 0. The monoisotopic (exact) mass is 264 g/mol. The van der Waals surface area contributed by atoms with Gasteiger partial charge >= 0.3 is 0 Å². The van der Waals surface area contributed by atoms with Gasteiger partial charge in [-0.1, -0.05) is 30.3 Å². The van der Waals surface area contributed by atoms with Crippen LogP contribution in [0.25, 0.3) is 0 Å². The lowest BCUT2D eigenvalue weighted by Crippen LogP contribution is -2.10. The fraction of sp³-hybridized carbons (Fsp3) is 0.0909. The van der Waals surface area contributed by atoms with Crippen LogP contribution in [0.1, 0.15) is 11.3 Å². The molecule has 2 aromatic rings. The minimum absolute atomic E-state index is 0.202. The van der Waals surface area contributed by atoms with Crippen LogP contribution in [0.4, 0.5) is 0 Å². The first kappa shape index (κ1) is 10.1. The number of rotatable bonds is 2. The highest BCUT2D eigenvalue weighted by Crippen LogP contribution is 2.08. The Morgan fingerprint density at radius 2 is 2.00 bits per heavy atom. The summed E-state index contributed by atoms with van der Waals surface area (Å²) < 4.78 is 0.517. The van der Waals surface area contributed by atoms with E-state index < -0.39 is 0 Å². The van der Waals surface area contributed by atoms with E-state index in [2.05, 4.69) is 26.1 Å². The largest absolute Gasteiger partial charge is 0.278 e. The second-order valence-corrected chi connectivity index (χ2v) is 4.05. The summed E-state index contributed by atoms with van der Waals surface area (Å²) in [6, 6.07) is 11.7. The number of nitrogens with one attached hydrogen (secondary N) is 1. The Kier molecular flexibility index (Phi) is 2.97. The van der Waals surface area contributed by atoms with Crippen molar-refractivity contribution in [3.8, 4) is 0 Å². The van der Waals surface area contributed by atoms with E-state index in [1.807, 2.05) is 30.3 Å². The van der Waals surface area contributed by atoms with E-state index in [4.69, 9.17) is 0 Å². The zero-order chi connectivity index (χ0) is 10.7. The molecule has 0 fully saturated rings. The Morgan fingerprint density at radius 1 is 1.27 bits per heavy atom. The number of hydrogen-bond acceptors (Lipinski definition) is 2. The second-order valence-electron chi connectivity index (χ2n) is 3.20. The fourth-order valence-corrected chi connectivity index (χ4v) is 1.67. The van der Waals surface area contributed by atoms with Gasteiger partial charge in [-0.2, -0.15) is 5.10 Å². The number of benzene rings is 1. The van der Waals surface area contributed by atoms with Crippen molar-refractivity contribution in [1.82, 2.24) is 10.2 Å². The summed E-state index contributed by atoms with van der Waals surface area (Å²) >= 11 is 3.18. The standard InChI is InChI=1S/C11H9BrN2O/c12-10-7-9(13-14-11(10)15)6-8-4-2-1-3-5-8/h1-5,7H,6H2,(H,14,15). The van der Waals surface area contributed by atoms with Crippen LogP contribution >= 0.6 is 15.9 Å². The lowest BCUT2D eigenvalue weighted by atomic mass is 10.1. The van der Waals surface area contributed by atoms with Crippen molar-refractivity contribution >= 4 is 15.9 Å². The topological polar surface area (TPSA) is 45.8 Å². The molecular weight excluding hydrogens is 256 g/mol. The third-order valence-electron chi connectivity index (χ3n) is 2.04. The van der Waals surface area contributed by atoms with E-state index in [-0.39, 0.29) is 5.56 Å². The van der Waals surface area contributed by atoms with Crippen LogP contribution in [-0.2, 0) is 6.42 Å². The van der Waals surface area contributed by atoms with E-state index in [1.165, 1.54) is 5.56 Å². The molecule has 0 aliphatic carbocycles. The van der Waals surface area contributed by atoms with Crippen LogP contribution in [0.5, 0.6) is 0 Å². The van der Waals surface area contributed by atoms with Crippen molar-refractivity contribution in [3.05, 3.63) is 62.5 Å². The van der Waals surface area contributed by atoms with Gasteiger partial charge in [0.1, 0.15) is 0 Å². The molecule has 76 valence electrons. The number of aromatic amines is 1. The molecule has 0 aliphatic rings. The zero-order valence-electron chi connectivity index (χ0n) is 7.90. The number of nitrogens with zero attached hydrogens (tertiary/aromatic N) is 1. The van der Waals surface area contributed by atoms with E-state index in [0.717, 1.165) is 12.1 Å². The maximum absolute atomic E-state index is 11.1. The minimum Gasteiger partial charge on any atom is -0.267 e. The summed E-state index contributed by atoms with van der Waals surface area (Å²) in [5.41, 5.74) is 1.81. The molecule has 15 heavy (non-hydrogen) atoms.